The third kappa shape index (κ3) is 4.16. The molecule has 3 rings (SSSR count). The topological polar surface area (TPSA) is 99.8 Å². The summed E-state index contributed by atoms with van der Waals surface area (Å²) >= 11 is 6.34. The first-order valence-corrected chi connectivity index (χ1v) is 9.20. The van der Waals surface area contributed by atoms with E-state index in [1.165, 1.54) is 7.11 Å². The molecule has 0 unspecified atom stereocenters. The van der Waals surface area contributed by atoms with Crippen molar-refractivity contribution < 1.29 is 24.5 Å². The van der Waals surface area contributed by atoms with Crippen molar-refractivity contribution in [1.29, 1.82) is 5.41 Å². The number of halogens is 1. The molecule has 6 nitrogen and oxygen atoms in total. The zero-order valence-electron chi connectivity index (χ0n) is 15.6. The van der Waals surface area contributed by atoms with Crippen LogP contribution in [0.1, 0.15) is 35.3 Å². The lowest BCUT2D eigenvalue weighted by molar-refractivity contribution is -0.246. The standard InChI is InChI=1S/C21H22ClNO5/c1-11(23)13-5-3-12(4-6-13)9-15-10-14(7-8-16(15)22)20-18(25)17(24)19(26)21(27-2)28-20/h3-8,10,17,19-21,23-24,26H,9H2,1-2H3/t17-,19+,20+,21+/m1/s1. The van der Waals surface area contributed by atoms with E-state index in [2.05, 4.69) is 0 Å². The van der Waals surface area contributed by atoms with E-state index in [1.54, 1.807) is 25.1 Å². The molecule has 0 radical (unpaired) electrons. The average Bonchev–Trinajstić information content (AvgIpc) is 2.69. The summed E-state index contributed by atoms with van der Waals surface area (Å²) in [4.78, 5) is 12.4. The highest BCUT2D eigenvalue weighted by atomic mass is 35.5. The van der Waals surface area contributed by atoms with Crippen LogP contribution < -0.4 is 0 Å². The van der Waals surface area contributed by atoms with Gasteiger partial charge in [-0.1, -0.05) is 48.0 Å². The first kappa shape index (κ1) is 20.6. The SMILES string of the molecule is CO[C@H]1O[C@@H](c2ccc(Cl)c(Cc3ccc(C(C)=N)cc3)c2)C(=O)[C@@H](O)[C@@H]1O. The zero-order chi connectivity index (χ0) is 20.4. The third-order valence-corrected chi connectivity index (χ3v) is 5.18. The van der Waals surface area contributed by atoms with Gasteiger partial charge >= 0.3 is 0 Å². The largest absolute Gasteiger partial charge is 0.385 e. The van der Waals surface area contributed by atoms with Crippen LogP contribution in [-0.2, 0) is 20.7 Å². The Hall–Kier alpha value is -2.09. The van der Waals surface area contributed by atoms with E-state index in [1.807, 2.05) is 24.3 Å². The van der Waals surface area contributed by atoms with Gasteiger partial charge in [-0.05, 0) is 41.7 Å². The van der Waals surface area contributed by atoms with Crippen molar-refractivity contribution in [3.05, 3.63) is 69.7 Å². The Balaban J connectivity index is 1.86. The highest BCUT2D eigenvalue weighted by Gasteiger charge is 2.44. The second-order valence-electron chi connectivity index (χ2n) is 6.81. The molecule has 0 bridgehead atoms. The van der Waals surface area contributed by atoms with Crippen LogP contribution in [0, 0.1) is 5.41 Å². The molecule has 0 aromatic heterocycles. The number of Topliss-reactive ketones (excluding diaryl/α,β-unsaturated/α-hetero) is 1. The Morgan fingerprint density at radius 1 is 1.21 bits per heavy atom. The lowest BCUT2D eigenvalue weighted by Crippen LogP contribution is -2.52. The minimum absolute atomic E-state index is 0.494. The van der Waals surface area contributed by atoms with Gasteiger partial charge < -0.3 is 25.1 Å². The molecule has 4 atom stereocenters. The van der Waals surface area contributed by atoms with E-state index >= 15 is 0 Å². The number of aliphatic hydroxyl groups excluding tert-OH is 2. The minimum Gasteiger partial charge on any atom is -0.385 e. The lowest BCUT2D eigenvalue weighted by atomic mass is 9.93. The van der Waals surface area contributed by atoms with Gasteiger partial charge in [-0.15, -0.1) is 0 Å². The van der Waals surface area contributed by atoms with Crippen LogP contribution in [0.3, 0.4) is 0 Å². The maximum atomic E-state index is 12.4. The molecule has 3 N–H and O–H groups in total. The summed E-state index contributed by atoms with van der Waals surface area (Å²) in [5.74, 6) is -0.625. The van der Waals surface area contributed by atoms with Gasteiger partial charge in [0.25, 0.3) is 0 Å². The van der Waals surface area contributed by atoms with E-state index in [9.17, 15) is 15.0 Å². The van der Waals surface area contributed by atoms with E-state index in [0.29, 0.717) is 22.7 Å². The third-order valence-electron chi connectivity index (χ3n) is 4.81. The number of ketones is 1. The van der Waals surface area contributed by atoms with Gasteiger partial charge in [-0.2, -0.15) is 0 Å². The molecule has 1 heterocycles. The predicted molar refractivity (Wildman–Crippen MR) is 105 cm³/mol. The summed E-state index contributed by atoms with van der Waals surface area (Å²) in [6, 6.07) is 12.7. The van der Waals surface area contributed by atoms with E-state index in [-0.39, 0.29) is 0 Å². The highest BCUT2D eigenvalue weighted by molar-refractivity contribution is 6.31. The fourth-order valence-corrected chi connectivity index (χ4v) is 3.36. The summed E-state index contributed by atoms with van der Waals surface area (Å²) < 4.78 is 10.6. The Labute approximate surface area is 168 Å². The summed E-state index contributed by atoms with van der Waals surface area (Å²) in [5.41, 5.74) is 3.68. The van der Waals surface area contributed by atoms with Crippen molar-refractivity contribution >= 4 is 23.1 Å². The Kier molecular flexibility index (Phi) is 6.27. The van der Waals surface area contributed by atoms with Crippen LogP contribution in [0.15, 0.2) is 42.5 Å². The number of benzene rings is 2. The fraction of sp³-hybridized carbons (Fsp3) is 0.333. The Morgan fingerprint density at radius 2 is 1.89 bits per heavy atom. The van der Waals surface area contributed by atoms with E-state index in [0.717, 1.165) is 16.7 Å². The van der Waals surface area contributed by atoms with Gasteiger partial charge in [0.2, 0.25) is 0 Å². The molecule has 28 heavy (non-hydrogen) atoms. The summed E-state index contributed by atoms with van der Waals surface area (Å²) in [6.45, 7) is 1.73. The van der Waals surface area contributed by atoms with Crippen LogP contribution in [0.2, 0.25) is 5.02 Å². The molecule has 0 aliphatic carbocycles. The number of carbonyl (C=O) groups is 1. The van der Waals surface area contributed by atoms with Crippen molar-refractivity contribution in [2.75, 3.05) is 7.11 Å². The molecule has 2 aromatic rings. The molecule has 1 fully saturated rings. The number of carbonyl (C=O) groups excluding carboxylic acids is 1. The predicted octanol–water partition coefficient (Wildman–Crippen LogP) is 2.65. The number of rotatable bonds is 5. The Bertz CT molecular complexity index is 883. The van der Waals surface area contributed by atoms with Gasteiger partial charge in [-0.3, -0.25) is 4.79 Å². The molecule has 7 heteroatoms. The molecule has 0 amide bonds. The van der Waals surface area contributed by atoms with E-state index < -0.39 is 30.4 Å². The number of hydrogen-bond acceptors (Lipinski definition) is 6. The molecule has 0 spiro atoms. The molecule has 0 saturated carbocycles. The second-order valence-corrected chi connectivity index (χ2v) is 7.21. The van der Waals surface area contributed by atoms with Gasteiger partial charge in [0.05, 0.1) is 0 Å². The molecule has 1 aliphatic heterocycles. The molecular formula is C21H22ClNO5. The van der Waals surface area contributed by atoms with Crippen LogP contribution in [-0.4, -0.2) is 47.3 Å². The number of methoxy groups -OCH3 is 1. The fourth-order valence-electron chi connectivity index (χ4n) is 3.18. The van der Waals surface area contributed by atoms with Gasteiger partial charge in [0.15, 0.2) is 12.1 Å². The lowest BCUT2D eigenvalue weighted by Gasteiger charge is -2.35. The Morgan fingerprint density at radius 3 is 2.50 bits per heavy atom. The van der Waals surface area contributed by atoms with E-state index in [4.69, 9.17) is 26.5 Å². The minimum atomic E-state index is -1.58. The zero-order valence-corrected chi connectivity index (χ0v) is 16.3. The average molecular weight is 404 g/mol. The van der Waals surface area contributed by atoms with Crippen molar-refractivity contribution in [1.82, 2.24) is 0 Å². The molecular weight excluding hydrogens is 382 g/mol. The van der Waals surface area contributed by atoms with Crippen LogP contribution in [0.5, 0.6) is 0 Å². The molecule has 1 aliphatic rings. The first-order chi connectivity index (χ1) is 13.3. The molecule has 1 saturated heterocycles. The maximum Gasteiger partial charge on any atom is 0.197 e. The van der Waals surface area contributed by atoms with Crippen LogP contribution in [0.25, 0.3) is 0 Å². The van der Waals surface area contributed by atoms with Crippen molar-refractivity contribution in [2.45, 2.75) is 37.9 Å². The number of nitrogens with one attached hydrogen (secondary N) is 1. The number of aliphatic hydroxyl groups is 2. The normalized spacial score (nSPS) is 25.0. The van der Waals surface area contributed by atoms with Crippen molar-refractivity contribution in [3.8, 4) is 0 Å². The first-order valence-electron chi connectivity index (χ1n) is 8.82. The van der Waals surface area contributed by atoms with Gasteiger partial charge in [0, 0.05) is 17.8 Å². The summed E-state index contributed by atoms with van der Waals surface area (Å²) in [5, 5.41) is 28.1. The van der Waals surface area contributed by atoms with Gasteiger partial charge in [0.1, 0.15) is 18.3 Å². The number of hydrogen-bond donors (Lipinski definition) is 3. The van der Waals surface area contributed by atoms with Crippen LogP contribution >= 0.6 is 11.6 Å². The smallest absolute Gasteiger partial charge is 0.197 e. The van der Waals surface area contributed by atoms with Crippen molar-refractivity contribution in [2.24, 2.45) is 0 Å². The van der Waals surface area contributed by atoms with Crippen molar-refractivity contribution in [3.63, 3.8) is 0 Å². The quantitative estimate of drug-likeness (QED) is 0.666. The maximum absolute atomic E-state index is 12.4. The van der Waals surface area contributed by atoms with Gasteiger partial charge in [-0.25, -0.2) is 0 Å². The summed E-state index contributed by atoms with van der Waals surface area (Å²) in [6.07, 6.45) is -4.64. The summed E-state index contributed by atoms with van der Waals surface area (Å²) in [7, 11) is 1.33. The monoisotopic (exact) mass is 403 g/mol. The molecule has 2 aromatic carbocycles. The highest BCUT2D eigenvalue weighted by Crippen LogP contribution is 2.32. The molecule has 148 valence electrons. The van der Waals surface area contributed by atoms with Crippen LogP contribution in [0.4, 0.5) is 0 Å². The number of ether oxygens (including phenoxy) is 2. The second kappa shape index (κ2) is 8.51.